The minimum atomic E-state index is -0.601. The van der Waals surface area contributed by atoms with E-state index in [0.29, 0.717) is 23.5 Å². The van der Waals surface area contributed by atoms with Gasteiger partial charge in [0.2, 0.25) is 0 Å². The molecular weight excluding hydrogens is 442 g/mol. The van der Waals surface area contributed by atoms with Crippen LogP contribution in [0.4, 0.5) is 0 Å². The number of nitrogens with one attached hydrogen (secondary N) is 2. The maximum absolute atomic E-state index is 12.4. The van der Waals surface area contributed by atoms with Crippen molar-refractivity contribution in [1.29, 1.82) is 0 Å². The van der Waals surface area contributed by atoms with Crippen LogP contribution in [0.3, 0.4) is 0 Å². The average Bonchev–Trinajstić information content (AvgIpc) is 3.31. The minimum absolute atomic E-state index is 0.208. The molecule has 1 aliphatic heterocycles. The number of ether oxygens (including phenoxy) is 3. The maximum atomic E-state index is 12.4. The predicted octanol–water partition coefficient (Wildman–Crippen LogP) is 2.07. The first-order valence-electron chi connectivity index (χ1n) is 11.0. The highest BCUT2D eigenvalue weighted by Crippen LogP contribution is 2.24. The van der Waals surface area contributed by atoms with Crippen LogP contribution in [0.1, 0.15) is 20.9 Å². The maximum Gasteiger partial charge on any atom is 0.287 e. The molecule has 3 aromatic rings. The topological polar surface area (TPSA) is 122 Å². The lowest BCUT2D eigenvalue weighted by molar-refractivity contribution is 0.0322. The second-order valence-corrected chi connectivity index (χ2v) is 7.68. The van der Waals surface area contributed by atoms with Gasteiger partial charge in [-0.3, -0.25) is 19.7 Å². The molecule has 34 heavy (non-hydrogen) atoms. The first-order chi connectivity index (χ1) is 16.6. The summed E-state index contributed by atoms with van der Waals surface area (Å²) in [5, 5.41) is 12.2. The van der Waals surface area contributed by atoms with Gasteiger partial charge in [0.05, 0.1) is 19.8 Å². The Hall–Kier alpha value is -3.60. The van der Waals surface area contributed by atoms with E-state index in [9.17, 15) is 9.59 Å². The Morgan fingerprint density at radius 2 is 1.68 bits per heavy atom. The van der Waals surface area contributed by atoms with Crippen molar-refractivity contribution >= 4 is 22.8 Å². The summed E-state index contributed by atoms with van der Waals surface area (Å²) in [6.07, 6.45) is 0. The molecule has 2 heterocycles. The van der Waals surface area contributed by atoms with Crippen LogP contribution in [0.5, 0.6) is 11.5 Å². The molecule has 0 saturated carbocycles. The van der Waals surface area contributed by atoms with Gasteiger partial charge in [-0.15, -0.1) is 0 Å². The van der Waals surface area contributed by atoms with Crippen molar-refractivity contribution in [3.8, 4) is 11.5 Å². The van der Waals surface area contributed by atoms with Gasteiger partial charge in [-0.05, 0) is 48.5 Å². The molecule has 0 atom stereocenters. The van der Waals surface area contributed by atoms with Crippen molar-refractivity contribution in [1.82, 2.24) is 15.7 Å². The van der Waals surface area contributed by atoms with Crippen LogP contribution in [0.25, 0.3) is 11.0 Å². The fourth-order valence-electron chi connectivity index (χ4n) is 3.53. The SMILES string of the molecule is O=C(NO)c1ccc(OCCNC(=O)c2cc3cc(OCCN4CCOCC4)ccc3o2)cc1. The summed E-state index contributed by atoms with van der Waals surface area (Å²) in [7, 11) is 0. The number of carbonyl (C=O) groups is 2. The summed E-state index contributed by atoms with van der Waals surface area (Å²) in [6, 6.07) is 13.4. The summed E-state index contributed by atoms with van der Waals surface area (Å²) < 4.78 is 22.4. The predicted molar refractivity (Wildman–Crippen MR) is 122 cm³/mol. The number of fused-ring (bicyclic) bond motifs is 1. The Morgan fingerprint density at radius 3 is 2.44 bits per heavy atom. The van der Waals surface area contributed by atoms with Crippen LogP contribution in [0.2, 0.25) is 0 Å². The Bertz CT molecular complexity index is 1110. The van der Waals surface area contributed by atoms with Crippen LogP contribution in [0.15, 0.2) is 52.9 Å². The molecule has 1 saturated heterocycles. The highest BCUT2D eigenvalue weighted by molar-refractivity contribution is 5.96. The van der Waals surface area contributed by atoms with Crippen LogP contribution in [-0.4, -0.2) is 74.5 Å². The van der Waals surface area contributed by atoms with Crippen LogP contribution in [-0.2, 0) is 4.74 Å². The Morgan fingerprint density at radius 1 is 0.941 bits per heavy atom. The van der Waals surface area contributed by atoms with E-state index in [1.54, 1.807) is 29.7 Å². The molecular formula is C24H27N3O7. The fourth-order valence-corrected chi connectivity index (χ4v) is 3.53. The summed E-state index contributed by atoms with van der Waals surface area (Å²) in [5.41, 5.74) is 2.48. The van der Waals surface area contributed by atoms with Crippen molar-refractivity contribution in [2.24, 2.45) is 0 Å². The van der Waals surface area contributed by atoms with Crippen LogP contribution < -0.4 is 20.3 Å². The van der Waals surface area contributed by atoms with Crippen LogP contribution >= 0.6 is 0 Å². The number of hydrogen-bond donors (Lipinski definition) is 3. The molecule has 1 fully saturated rings. The molecule has 0 aliphatic carbocycles. The molecule has 0 unspecified atom stereocenters. The molecule has 1 aliphatic rings. The van der Waals surface area contributed by atoms with E-state index in [0.717, 1.165) is 44.0 Å². The van der Waals surface area contributed by atoms with Gasteiger partial charge in [0, 0.05) is 30.6 Å². The lowest BCUT2D eigenvalue weighted by atomic mass is 10.2. The molecule has 4 rings (SSSR count). The zero-order valence-electron chi connectivity index (χ0n) is 18.6. The van der Waals surface area contributed by atoms with E-state index in [1.807, 2.05) is 12.1 Å². The number of furan rings is 1. The molecule has 180 valence electrons. The summed E-state index contributed by atoms with van der Waals surface area (Å²) in [6.45, 7) is 5.28. The molecule has 0 bridgehead atoms. The molecule has 10 heteroatoms. The minimum Gasteiger partial charge on any atom is -0.492 e. The number of rotatable bonds is 10. The summed E-state index contributed by atoms with van der Waals surface area (Å²) >= 11 is 0. The molecule has 1 aromatic heterocycles. The van der Waals surface area contributed by atoms with Gasteiger partial charge in [-0.1, -0.05) is 0 Å². The first kappa shape index (κ1) is 23.6. The Balaban J connectivity index is 1.22. The molecule has 0 radical (unpaired) electrons. The normalized spacial score (nSPS) is 14.0. The Labute approximate surface area is 196 Å². The molecule has 2 amide bonds. The molecule has 10 nitrogen and oxygen atoms in total. The number of morpholine rings is 1. The third kappa shape index (κ3) is 6.25. The van der Waals surface area contributed by atoms with Gasteiger partial charge in [-0.2, -0.15) is 0 Å². The third-order valence-electron chi connectivity index (χ3n) is 5.37. The number of benzene rings is 2. The number of carbonyl (C=O) groups excluding carboxylic acids is 2. The average molecular weight is 469 g/mol. The van der Waals surface area contributed by atoms with Gasteiger partial charge in [-0.25, -0.2) is 5.48 Å². The highest BCUT2D eigenvalue weighted by atomic mass is 16.5. The lowest BCUT2D eigenvalue weighted by Gasteiger charge is -2.26. The quantitative estimate of drug-likeness (QED) is 0.234. The highest BCUT2D eigenvalue weighted by Gasteiger charge is 2.13. The van der Waals surface area contributed by atoms with E-state index >= 15 is 0 Å². The lowest BCUT2D eigenvalue weighted by Crippen LogP contribution is -2.38. The van der Waals surface area contributed by atoms with Crippen molar-refractivity contribution in [2.75, 3.05) is 52.6 Å². The van der Waals surface area contributed by atoms with E-state index in [1.165, 1.54) is 12.1 Å². The number of hydrogen-bond acceptors (Lipinski definition) is 8. The number of amides is 2. The molecule has 3 N–H and O–H groups in total. The van der Waals surface area contributed by atoms with Crippen molar-refractivity contribution in [2.45, 2.75) is 0 Å². The summed E-state index contributed by atoms with van der Waals surface area (Å²) in [4.78, 5) is 26.1. The van der Waals surface area contributed by atoms with E-state index in [4.69, 9.17) is 23.8 Å². The smallest absolute Gasteiger partial charge is 0.287 e. The van der Waals surface area contributed by atoms with Gasteiger partial charge in [0.15, 0.2) is 5.76 Å². The molecule has 2 aromatic carbocycles. The zero-order valence-corrected chi connectivity index (χ0v) is 18.6. The van der Waals surface area contributed by atoms with Crippen molar-refractivity contribution in [3.05, 3.63) is 59.9 Å². The van der Waals surface area contributed by atoms with Gasteiger partial charge < -0.3 is 23.9 Å². The fraction of sp³-hybridized carbons (Fsp3) is 0.333. The summed E-state index contributed by atoms with van der Waals surface area (Å²) in [5.74, 6) is 0.527. The van der Waals surface area contributed by atoms with Gasteiger partial charge in [0.25, 0.3) is 11.8 Å². The Kier molecular flexibility index (Phi) is 7.97. The van der Waals surface area contributed by atoms with E-state index < -0.39 is 5.91 Å². The zero-order chi connectivity index (χ0) is 23.8. The van der Waals surface area contributed by atoms with Crippen molar-refractivity contribution < 1.29 is 33.4 Å². The second-order valence-electron chi connectivity index (χ2n) is 7.68. The number of hydroxylamine groups is 1. The van der Waals surface area contributed by atoms with Crippen molar-refractivity contribution in [3.63, 3.8) is 0 Å². The third-order valence-corrected chi connectivity index (χ3v) is 5.37. The van der Waals surface area contributed by atoms with E-state index in [2.05, 4.69) is 10.2 Å². The van der Waals surface area contributed by atoms with E-state index in [-0.39, 0.29) is 24.8 Å². The number of nitrogens with zero attached hydrogens (tertiary/aromatic N) is 1. The van der Waals surface area contributed by atoms with Gasteiger partial charge >= 0.3 is 0 Å². The monoisotopic (exact) mass is 469 g/mol. The van der Waals surface area contributed by atoms with Gasteiger partial charge in [0.1, 0.15) is 30.3 Å². The molecule has 0 spiro atoms. The van der Waals surface area contributed by atoms with Crippen LogP contribution in [0, 0.1) is 0 Å². The second kappa shape index (κ2) is 11.5. The first-order valence-corrected chi connectivity index (χ1v) is 11.0. The largest absolute Gasteiger partial charge is 0.492 e. The standard InChI is InChI=1S/C24H27N3O7/c28-23(26-30)17-1-3-19(4-2-17)32-11-7-25-24(29)22-16-18-15-20(5-6-21(18)34-22)33-14-10-27-8-12-31-13-9-27/h1-6,15-16,30H,7-14H2,(H,25,29)(H,26,28).